The highest BCUT2D eigenvalue weighted by atomic mass is 16.7. The average molecular weight is 675 g/mol. The first-order valence-electron chi connectivity index (χ1n) is 18.5. The molecule has 5 aliphatic carbocycles. The molecule has 0 aromatic rings. The molecule has 1 amide bonds. The fraction of sp³-hybridized carbons (Fsp3) is 0.895. The second kappa shape index (κ2) is 12.3. The van der Waals surface area contributed by atoms with Gasteiger partial charge in [-0.3, -0.25) is 14.4 Å². The van der Waals surface area contributed by atoms with Crippen LogP contribution in [0.3, 0.4) is 0 Å². The average Bonchev–Trinajstić information content (AvgIpc) is 3.42. The Balaban J connectivity index is 1.20. The van der Waals surface area contributed by atoms with E-state index in [1.54, 1.807) is 0 Å². The molecule has 10 nitrogen and oxygen atoms in total. The van der Waals surface area contributed by atoms with Crippen molar-refractivity contribution in [3.63, 3.8) is 0 Å². The van der Waals surface area contributed by atoms with Crippen LogP contribution in [0.2, 0.25) is 0 Å². The number of hydroxylamine groups is 2. The summed E-state index contributed by atoms with van der Waals surface area (Å²) in [6.07, 6.45) is 4.65. The number of amides is 1. The molecular formula is C38H62N2O8. The minimum Gasteiger partial charge on any atom is -0.481 e. The quantitative estimate of drug-likeness (QED) is 0.194. The van der Waals surface area contributed by atoms with Gasteiger partial charge in [-0.05, 0) is 122 Å². The molecule has 0 spiro atoms. The third-order valence-corrected chi connectivity index (χ3v) is 16.2. The predicted molar refractivity (Wildman–Crippen MR) is 180 cm³/mol. The second-order valence-electron chi connectivity index (χ2n) is 18.2. The van der Waals surface area contributed by atoms with Crippen molar-refractivity contribution in [1.82, 2.24) is 10.4 Å². The van der Waals surface area contributed by atoms with Crippen LogP contribution in [0, 0.1) is 56.7 Å². The van der Waals surface area contributed by atoms with Crippen LogP contribution in [0.5, 0.6) is 0 Å². The Bertz CT molecular complexity index is 1290. The summed E-state index contributed by atoms with van der Waals surface area (Å²) in [6.45, 7) is 18.4. The number of carboxylic acid groups (broad SMARTS) is 1. The molecule has 48 heavy (non-hydrogen) atoms. The van der Waals surface area contributed by atoms with Crippen LogP contribution in [0.25, 0.3) is 0 Å². The SMILES string of the molecule is C=C(C)C1CC[C@]2(C(=O)O)CC[C@]3(C)[C@H](CCC4[C@@]5(C)CC[C@H](NC(=O)CN(OC)[C@@H]6OC[C@@H](O)[C@H](O)C6O)C(C)(C)C5CC[C@]43C)C12. The third-order valence-electron chi connectivity index (χ3n) is 16.2. The minimum atomic E-state index is -1.42. The maximum Gasteiger partial charge on any atom is 0.309 e. The van der Waals surface area contributed by atoms with Gasteiger partial charge in [0, 0.05) is 6.04 Å². The molecule has 5 N–H and O–H groups in total. The van der Waals surface area contributed by atoms with Crippen LogP contribution in [0.1, 0.15) is 106 Å². The molecule has 1 heterocycles. The Kier molecular flexibility index (Phi) is 9.28. The maximum atomic E-state index is 13.5. The number of fused-ring (bicyclic) bond motifs is 7. The van der Waals surface area contributed by atoms with E-state index in [4.69, 9.17) is 9.57 Å². The number of carbonyl (C=O) groups excluding carboxylic acids is 1. The highest BCUT2D eigenvalue weighted by Gasteiger charge is 2.72. The number of nitrogens with one attached hydrogen (secondary N) is 1. The summed E-state index contributed by atoms with van der Waals surface area (Å²) in [5.41, 5.74) is 0.661. The lowest BCUT2D eigenvalue weighted by Crippen LogP contribution is -2.68. The number of aliphatic hydroxyl groups excluding tert-OH is 3. The molecule has 5 unspecified atom stereocenters. The Morgan fingerprint density at radius 3 is 2.25 bits per heavy atom. The standard InChI is InChI=1S/C38H62N2O8/c1-21(2)22-11-16-38(33(45)46)18-17-36(6)23(29(22)38)9-10-26-35(5)14-13-27(34(3,4)25(35)12-15-37(26,36)7)39-28(42)19-40(47-8)32-31(44)30(43)24(41)20-48-32/h22-27,29-32,41,43-44H,1,9-20H2,2-8H3,(H,39,42)(H,45,46)/t22?,23-,24-,25?,26?,27+,29?,30+,31?,32-,35+,36-,37-,38+/m1/s1. The molecule has 0 aromatic carbocycles. The van der Waals surface area contributed by atoms with E-state index in [1.807, 2.05) is 0 Å². The molecular weight excluding hydrogens is 612 g/mol. The molecule has 14 atom stereocenters. The second-order valence-corrected chi connectivity index (χ2v) is 18.2. The van der Waals surface area contributed by atoms with Gasteiger partial charge in [-0.15, -0.1) is 5.06 Å². The van der Waals surface area contributed by atoms with Crippen LogP contribution in [-0.2, 0) is 19.2 Å². The largest absolute Gasteiger partial charge is 0.481 e. The Morgan fingerprint density at radius 2 is 1.60 bits per heavy atom. The predicted octanol–water partition coefficient (Wildman–Crippen LogP) is 4.52. The van der Waals surface area contributed by atoms with Crippen molar-refractivity contribution in [2.45, 2.75) is 136 Å². The number of carboxylic acids is 1. The fourth-order valence-corrected chi connectivity index (χ4v) is 13.5. The van der Waals surface area contributed by atoms with E-state index < -0.39 is 35.9 Å². The molecule has 0 bridgehead atoms. The molecule has 6 fully saturated rings. The summed E-state index contributed by atoms with van der Waals surface area (Å²) in [5.74, 6) is 0.950. The molecule has 6 aliphatic rings. The van der Waals surface area contributed by atoms with Gasteiger partial charge in [-0.1, -0.05) is 46.8 Å². The Labute approximate surface area is 287 Å². The van der Waals surface area contributed by atoms with Gasteiger partial charge >= 0.3 is 5.97 Å². The number of hydrogen-bond donors (Lipinski definition) is 5. The first-order valence-corrected chi connectivity index (χ1v) is 18.5. The van der Waals surface area contributed by atoms with Gasteiger partial charge in [0.1, 0.15) is 24.9 Å². The van der Waals surface area contributed by atoms with E-state index in [-0.39, 0.29) is 58.6 Å². The zero-order valence-corrected chi connectivity index (χ0v) is 30.3. The van der Waals surface area contributed by atoms with E-state index in [0.29, 0.717) is 17.8 Å². The topological polar surface area (TPSA) is 149 Å². The molecule has 1 aliphatic heterocycles. The smallest absolute Gasteiger partial charge is 0.309 e. The lowest BCUT2D eigenvalue weighted by atomic mass is 9.32. The van der Waals surface area contributed by atoms with Gasteiger partial charge in [0.15, 0.2) is 6.23 Å². The highest BCUT2D eigenvalue weighted by Crippen LogP contribution is 2.77. The first kappa shape index (κ1) is 36.2. The molecule has 272 valence electrons. The number of allylic oxidation sites excluding steroid dienone is 1. The van der Waals surface area contributed by atoms with Gasteiger partial charge in [-0.25, -0.2) is 0 Å². The van der Waals surface area contributed by atoms with Gasteiger partial charge in [0.25, 0.3) is 0 Å². The van der Waals surface area contributed by atoms with E-state index in [1.165, 1.54) is 12.2 Å². The summed E-state index contributed by atoms with van der Waals surface area (Å²) in [7, 11) is 1.39. The number of rotatable bonds is 7. The molecule has 0 aromatic heterocycles. The van der Waals surface area contributed by atoms with E-state index in [0.717, 1.165) is 69.8 Å². The van der Waals surface area contributed by atoms with Crippen LogP contribution < -0.4 is 5.32 Å². The Morgan fingerprint density at radius 1 is 0.896 bits per heavy atom. The zero-order valence-electron chi connectivity index (χ0n) is 30.3. The number of aliphatic hydroxyl groups is 3. The van der Waals surface area contributed by atoms with Crippen molar-refractivity contribution in [2.24, 2.45) is 56.7 Å². The Hall–Kier alpha value is -1.56. The van der Waals surface area contributed by atoms with Crippen molar-refractivity contribution in [3.8, 4) is 0 Å². The van der Waals surface area contributed by atoms with E-state index >= 15 is 0 Å². The molecule has 0 radical (unpaired) electrons. The van der Waals surface area contributed by atoms with Crippen LogP contribution in [0.4, 0.5) is 0 Å². The summed E-state index contributed by atoms with van der Waals surface area (Å²) in [4.78, 5) is 31.9. The minimum absolute atomic E-state index is 0.0386. The summed E-state index contributed by atoms with van der Waals surface area (Å²) in [5, 5.41) is 45.7. The first-order chi connectivity index (χ1) is 22.4. The van der Waals surface area contributed by atoms with Crippen LogP contribution in [0.15, 0.2) is 12.2 Å². The lowest BCUT2D eigenvalue weighted by Gasteiger charge is -2.73. The van der Waals surface area contributed by atoms with E-state index in [2.05, 4.69) is 53.4 Å². The normalized spacial score (nSPS) is 49.6. The van der Waals surface area contributed by atoms with Crippen molar-refractivity contribution < 1.29 is 39.6 Å². The van der Waals surface area contributed by atoms with Crippen LogP contribution >= 0.6 is 0 Å². The number of nitrogens with zero attached hydrogens (tertiary/aromatic N) is 1. The lowest BCUT2D eigenvalue weighted by molar-refractivity contribution is -0.303. The van der Waals surface area contributed by atoms with Gasteiger partial charge in [-0.2, -0.15) is 0 Å². The van der Waals surface area contributed by atoms with Crippen molar-refractivity contribution >= 4 is 11.9 Å². The molecule has 1 saturated heterocycles. The van der Waals surface area contributed by atoms with Gasteiger partial charge in [0.2, 0.25) is 5.91 Å². The number of carbonyl (C=O) groups is 2. The molecule has 5 saturated carbocycles. The van der Waals surface area contributed by atoms with E-state index in [9.17, 15) is 30.0 Å². The summed E-state index contributed by atoms with van der Waals surface area (Å²) < 4.78 is 5.53. The monoisotopic (exact) mass is 674 g/mol. The van der Waals surface area contributed by atoms with Gasteiger partial charge in [0.05, 0.1) is 19.1 Å². The van der Waals surface area contributed by atoms with Crippen molar-refractivity contribution in [2.75, 3.05) is 20.3 Å². The highest BCUT2D eigenvalue weighted by molar-refractivity contribution is 5.78. The summed E-state index contributed by atoms with van der Waals surface area (Å²) in [6, 6.07) is -0.0386. The number of ether oxygens (including phenoxy) is 1. The molecule has 6 rings (SSSR count). The summed E-state index contributed by atoms with van der Waals surface area (Å²) >= 11 is 0. The maximum absolute atomic E-state index is 13.5. The van der Waals surface area contributed by atoms with Crippen LogP contribution in [-0.4, -0.2) is 88.2 Å². The fourth-order valence-electron chi connectivity index (χ4n) is 13.5. The molecule has 10 heteroatoms. The van der Waals surface area contributed by atoms with Crippen molar-refractivity contribution in [1.29, 1.82) is 0 Å². The van der Waals surface area contributed by atoms with Crippen molar-refractivity contribution in [3.05, 3.63) is 12.2 Å². The number of hydrogen-bond acceptors (Lipinski definition) is 8. The third kappa shape index (κ3) is 5.08. The zero-order chi connectivity index (χ0) is 35.2. The number of aliphatic carboxylic acids is 1. The van der Waals surface area contributed by atoms with Gasteiger partial charge < -0.3 is 30.5 Å².